The Morgan fingerprint density at radius 2 is 1.95 bits per heavy atom. The first kappa shape index (κ1) is 16.0. The Bertz CT molecular complexity index is 632. The molecule has 0 saturated carbocycles. The van der Waals surface area contributed by atoms with Gasteiger partial charge in [0.2, 0.25) is 0 Å². The molecule has 112 valence electrons. The molecule has 0 heterocycles. The van der Waals surface area contributed by atoms with Gasteiger partial charge in [0, 0.05) is 11.6 Å². The predicted octanol–water partition coefficient (Wildman–Crippen LogP) is 4.46. The molecule has 0 aliphatic rings. The van der Waals surface area contributed by atoms with Crippen LogP contribution in [0.3, 0.4) is 0 Å². The van der Waals surface area contributed by atoms with Gasteiger partial charge in [0.25, 0.3) is 0 Å². The molecular weight excluding hydrogens is 309 g/mol. The van der Waals surface area contributed by atoms with Crippen LogP contribution in [0.2, 0.25) is 10.0 Å². The lowest BCUT2D eigenvalue weighted by Crippen LogP contribution is -2.12. The number of methoxy groups -OCH3 is 1. The third-order valence-electron chi connectivity index (χ3n) is 3.21. The minimum absolute atomic E-state index is 0.326. The summed E-state index contributed by atoms with van der Waals surface area (Å²) in [7, 11) is 1.60. The molecule has 2 rings (SSSR count). The van der Waals surface area contributed by atoms with Gasteiger partial charge in [0.1, 0.15) is 5.75 Å². The first-order valence-corrected chi connectivity index (χ1v) is 7.28. The molecule has 3 nitrogen and oxygen atoms in total. The van der Waals surface area contributed by atoms with E-state index in [9.17, 15) is 5.11 Å². The fourth-order valence-electron chi connectivity index (χ4n) is 1.96. The topological polar surface area (TPSA) is 41.5 Å². The maximum Gasteiger partial charge on any atom is 0.119 e. The molecule has 0 radical (unpaired) electrons. The van der Waals surface area contributed by atoms with Gasteiger partial charge in [-0.2, -0.15) is 0 Å². The Morgan fingerprint density at radius 3 is 2.67 bits per heavy atom. The number of nitrogens with one attached hydrogen (secondary N) is 1. The highest BCUT2D eigenvalue weighted by Gasteiger charge is 2.10. The molecule has 0 spiro atoms. The number of aliphatic hydroxyl groups excluding tert-OH is 1. The lowest BCUT2D eigenvalue weighted by molar-refractivity contribution is 0.191. The second kappa shape index (κ2) is 7.03. The van der Waals surface area contributed by atoms with E-state index in [0.29, 0.717) is 28.0 Å². The van der Waals surface area contributed by atoms with E-state index in [1.165, 1.54) is 0 Å². The molecule has 0 aliphatic carbocycles. The Balaban J connectivity index is 2.07. The second-order valence-corrected chi connectivity index (χ2v) is 5.57. The summed E-state index contributed by atoms with van der Waals surface area (Å²) in [5, 5.41) is 14.5. The number of rotatable bonds is 5. The summed E-state index contributed by atoms with van der Waals surface area (Å²) in [6.45, 7) is 2.22. The summed E-state index contributed by atoms with van der Waals surface area (Å²) in [4.78, 5) is 0. The lowest BCUT2D eigenvalue weighted by atomic mass is 10.1. The van der Waals surface area contributed by atoms with Crippen molar-refractivity contribution in [3.63, 3.8) is 0 Å². The van der Waals surface area contributed by atoms with Crippen LogP contribution in [0.15, 0.2) is 36.4 Å². The van der Waals surface area contributed by atoms with Gasteiger partial charge >= 0.3 is 0 Å². The molecule has 0 aliphatic heterocycles. The van der Waals surface area contributed by atoms with Crippen molar-refractivity contribution in [1.29, 1.82) is 0 Å². The van der Waals surface area contributed by atoms with Gasteiger partial charge in [-0.25, -0.2) is 0 Å². The standard InChI is InChI=1S/C16H17Cl2NO2/c1-10-6-14(18)15(8-13(10)17)19-9-16(20)11-4-3-5-12(7-11)21-2/h3-8,16,19-20H,9H2,1-2H3. The zero-order valence-corrected chi connectivity index (χ0v) is 13.4. The van der Waals surface area contributed by atoms with Crippen LogP contribution in [-0.4, -0.2) is 18.8 Å². The van der Waals surface area contributed by atoms with Crippen LogP contribution >= 0.6 is 23.2 Å². The van der Waals surface area contributed by atoms with E-state index in [4.69, 9.17) is 27.9 Å². The van der Waals surface area contributed by atoms with E-state index >= 15 is 0 Å². The fraction of sp³-hybridized carbons (Fsp3) is 0.250. The Hall–Kier alpha value is -1.42. The summed E-state index contributed by atoms with van der Waals surface area (Å²) in [5.74, 6) is 0.711. The van der Waals surface area contributed by atoms with Crippen molar-refractivity contribution in [1.82, 2.24) is 0 Å². The van der Waals surface area contributed by atoms with Gasteiger partial charge < -0.3 is 15.2 Å². The highest BCUT2D eigenvalue weighted by atomic mass is 35.5. The maximum atomic E-state index is 10.2. The van der Waals surface area contributed by atoms with Gasteiger partial charge in [-0.1, -0.05) is 35.3 Å². The number of aryl methyl sites for hydroxylation is 1. The normalized spacial score (nSPS) is 12.0. The summed E-state index contributed by atoms with van der Waals surface area (Å²) < 4.78 is 5.15. The summed E-state index contributed by atoms with van der Waals surface area (Å²) in [6.07, 6.45) is -0.670. The Morgan fingerprint density at radius 1 is 1.19 bits per heavy atom. The van der Waals surface area contributed by atoms with Crippen LogP contribution < -0.4 is 10.1 Å². The SMILES string of the molecule is COc1cccc(C(O)CNc2cc(Cl)c(C)cc2Cl)c1. The van der Waals surface area contributed by atoms with Crippen LogP contribution in [0.5, 0.6) is 5.75 Å². The van der Waals surface area contributed by atoms with Gasteiger partial charge in [0.05, 0.1) is 23.9 Å². The molecule has 2 N–H and O–H groups in total. The fourth-order valence-corrected chi connectivity index (χ4v) is 2.40. The molecule has 0 amide bonds. The van der Waals surface area contributed by atoms with Crippen molar-refractivity contribution >= 4 is 28.9 Å². The highest BCUT2D eigenvalue weighted by Crippen LogP contribution is 2.29. The first-order valence-electron chi connectivity index (χ1n) is 6.53. The molecule has 1 unspecified atom stereocenters. The lowest BCUT2D eigenvalue weighted by Gasteiger charge is -2.15. The smallest absolute Gasteiger partial charge is 0.119 e. The Kier molecular flexibility index (Phi) is 5.34. The van der Waals surface area contributed by atoms with Gasteiger partial charge in [0.15, 0.2) is 0 Å². The molecule has 0 bridgehead atoms. The van der Waals surface area contributed by atoms with Crippen molar-refractivity contribution in [2.75, 3.05) is 19.0 Å². The molecular formula is C16H17Cl2NO2. The van der Waals surface area contributed by atoms with Gasteiger partial charge in [-0.15, -0.1) is 0 Å². The minimum Gasteiger partial charge on any atom is -0.497 e. The van der Waals surface area contributed by atoms with E-state index in [0.717, 1.165) is 11.1 Å². The van der Waals surface area contributed by atoms with E-state index in [2.05, 4.69) is 5.32 Å². The molecule has 2 aromatic rings. The zero-order valence-electron chi connectivity index (χ0n) is 11.9. The molecule has 0 saturated heterocycles. The molecule has 0 fully saturated rings. The van der Waals surface area contributed by atoms with E-state index in [1.54, 1.807) is 25.3 Å². The van der Waals surface area contributed by atoms with Crippen LogP contribution in [-0.2, 0) is 0 Å². The zero-order chi connectivity index (χ0) is 15.4. The quantitative estimate of drug-likeness (QED) is 0.852. The molecule has 0 aromatic heterocycles. The number of anilines is 1. The molecule has 21 heavy (non-hydrogen) atoms. The van der Waals surface area contributed by atoms with E-state index < -0.39 is 6.10 Å². The highest BCUT2D eigenvalue weighted by molar-refractivity contribution is 6.35. The first-order chi connectivity index (χ1) is 10.0. The largest absolute Gasteiger partial charge is 0.497 e. The number of aliphatic hydroxyl groups is 1. The van der Waals surface area contributed by atoms with Gasteiger partial charge in [-0.3, -0.25) is 0 Å². The van der Waals surface area contributed by atoms with Crippen LogP contribution in [0, 0.1) is 6.92 Å². The number of ether oxygens (including phenoxy) is 1. The van der Waals surface area contributed by atoms with E-state index in [-0.39, 0.29) is 0 Å². The van der Waals surface area contributed by atoms with Crippen LogP contribution in [0.25, 0.3) is 0 Å². The van der Waals surface area contributed by atoms with Crippen molar-refractivity contribution in [3.8, 4) is 5.75 Å². The summed E-state index contributed by atoms with van der Waals surface area (Å²) >= 11 is 12.2. The number of halogens is 2. The maximum absolute atomic E-state index is 10.2. The number of benzene rings is 2. The third kappa shape index (κ3) is 4.03. The number of hydrogen-bond acceptors (Lipinski definition) is 3. The average Bonchev–Trinajstić information content (AvgIpc) is 2.49. The van der Waals surface area contributed by atoms with Crippen molar-refractivity contribution in [2.45, 2.75) is 13.0 Å². The Labute approximate surface area is 134 Å². The number of hydrogen-bond donors (Lipinski definition) is 2. The second-order valence-electron chi connectivity index (χ2n) is 4.75. The average molecular weight is 326 g/mol. The van der Waals surface area contributed by atoms with Crippen molar-refractivity contribution in [3.05, 3.63) is 57.6 Å². The van der Waals surface area contributed by atoms with Crippen LogP contribution in [0.1, 0.15) is 17.2 Å². The van der Waals surface area contributed by atoms with Crippen molar-refractivity contribution in [2.24, 2.45) is 0 Å². The van der Waals surface area contributed by atoms with Crippen molar-refractivity contribution < 1.29 is 9.84 Å². The predicted molar refractivity (Wildman–Crippen MR) is 87.6 cm³/mol. The molecule has 2 aromatic carbocycles. The van der Waals surface area contributed by atoms with E-state index in [1.807, 2.05) is 25.1 Å². The molecule has 1 atom stereocenters. The molecule has 5 heteroatoms. The summed E-state index contributed by atoms with van der Waals surface area (Å²) in [6, 6.07) is 10.9. The monoisotopic (exact) mass is 325 g/mol. The minimum atomic E-state index is -0.670. The summed E-state index contributed by atoms with van der Waals surface area (Å²) in [5.41, 5.74) is 2.39. The third-order valence-corrected chi connectivity index (χ3v) is 3.93. The van der Waals surface area contributed by atoms with Gasteiger partial charge in [-0.05, 0) is 42.3 Å². The van der Waals surface area contributed by atoms with Crippen LogP contribution in [0.4, 0.5) is 5.69 Å².